The number of tetrazole rings is 1. The topological polar surface area (TPSA) is 55.6 Å². The molecule has 0 spiro atoms. The molecular formula is C11H14ClN5. The lowest BCUT2D eigenvalue weighted by Crippen LogP contribution is -2.19. The van der Waals surface area contributed by atoms with Crippen LogP contribution in [-0.2, 0) is 13.6 Å². The van der Waals surface area contributed by atoms with E-state index in [1.807, 2.05) is 24.3 Å². The van der Waals surface area contributed by atoms with E-state index in [1.54, 1.807) is 7.05 Å². The van der Waals surface area contributed by atoms with Crippen LogP contribution in [0.3, 0.4) is 0 Å². The molecule has 6 heteroatoms. The summed E-state index contributed by atoms with van der Waals surface area (Å²) in [5, 5.41) is 15.9. The Hall–Kier alpha value is -1.46. The van der Waals surface area contributed by atoms with Gasteiger partial charge in [0.15, 0.2) is 5.82 Å². The predicted octanol–water partition coefficient (Wildman–Crippen LogP) is 1.71. The van der Waals surface area contributed by atoms with Gasteiger partial charge in [-0.1, -0.05) is 29.8 Å². The quantitative estimate of drug-likeness (QED) is 0.899. The Balaban J connectivity index is 1.98. The molecule has 0 fully saturated rings. The van der Waals surface area contributed by atoms with Crippen molar-refractivity contribution in [3.05, 3.63) is 40.7 Å². The smallest absolute Gasteiger partial charge is 0.188 e. The molecule has 1 aromatic heterocycles. The van der Waals surface area contributed by atoms with Crippen molar-refractivity contribution < 1.29 is 0 Å². The predicted molar refractivity (Wildman–Crippen MR) is 65.5 cm³/mol. The van der Waals surface area contributed by atoms with Crippen LogP contribution in [0.5, 0.6) is 0 Å². The van der Waals surface area contributed by atoms with Crippen LogP contribution in [-0.4, -0.2) is 20.2 Å². The molecule has 90 valence electrons. The van der Waals surface area contributed by atoms with Crippen molar-refractivity contribution in [2.75, 3.05) is 0 Å². The zero-order valence-corrected chi connectivity index (χ0v) is 10.5. The number of rotatable bonds is 4. The van der Waals surface area contributed by atoms with Crippen LogP contribution in [0.1, 0.15) is 24.4 Å². The van der Waals surface area contributed by atoms with Crippen LogP contribution in [0.2, 0.25) is 5.02 Å². The zero-order chi connectivity index (χ0) is 12.3. The van der Waals surface area contributed by atoms with E-state index >= 15 is 0 Å². The van der Waals surface area contributed by atoms with E-state index in [2.05, 4.69) is 27.7 Å². The summed E-state index contributed by atoms with van der Waals surface area (Å²) in [6.45, 7) is 2.62. The number of halogens is 1. The number of benzene rings is 1. The number of nitrogens with zero attached hydrogens (tertiary/aromatic N) is 4. The van der Waals surface area contributed by atoms with Gasteiger partial charge in [-0.05, 0) is 23.8 Å². The summed E-state index contributed by atoms with van der Waals surface area (Å²) in [4.78, 5) is 1.44. The molecule has 0 amide bonds. The molecule has 0 aliphatic rings. The minimum Gasteiger partial charge on any atom is -0.303 e. The highest BCUT2D eigenvalue weighted by Gasteiger charge is 2.09. The Morgan fingerprint density at radius 2 is 2.18 bits per heavy atom. The molecule has 0 radical (unpaired) electrons. The molecule has 1 aromatic carbocycles. The Bertz CT molecular complexity index is 496. The molecule has 0 aliphatic heterocycles. The van der Waals surface area contributed by atoms with Gasteiger partial charge in [-0.3, -0.25) is 0 Å². The van der Waals surface area contributed by atoms with Crippen LogP contribution < -0.4 is 5.32 Å². The van der Waals surface area contributed by atoms with Crippen LogP contribution in [0.15, 0.2) is 24.3 Å². The standard InChI is InChI=1S/C11H14ClN5/c1-8(9-5-3-4-6-10(9)12)13-7-11-14-16-17(2)15-11/h3-6,8,13H,7H2,1-2H3. The van der Waals surface area contributed by atoms with E-state index in [0.717, 1.165) is 10.6 Å². The van der Waals surface area contributed by atoms with Gasteiger partial charge in [-0.2, -0.15) is 4.80 Å². The fraction of sp³-hybridized carbons (Fsp3) is 0.364. The van der Waals surface area contributed by atoms with Gasteiger partial charge in [0.2, 0.25) is 0 Å². The van der Waals surface area contributed by atoms with Gasteiger partial charge in [0.05, 0.1) is 13.6 Å². The molecular weight excluding hydrogens is 238 g/mol. The van der Waals surface area contributed by atoms with Crippen LogP contribution >= 0.6 is 11.6 Å². The number of nitrogens with one attached hydrogen (secondary N) is 1. The molecule has 1 heterocycles. The Kier molecular flexibility index (Phi) is 3.71. The lowest BCUT2D eigenvalue weighted by molar-refractivity contribution is 0.556. The minimum atomic E-state index is 0.146. The monoisotopic (exact) mass is 251 g/mol. The van der Waals surface area contributed by atoms with E-state index in [4.69, 9.17) is 11.6 Å². The number of aryl methyl sites for hydroxylation is 1. The van der Waals surface area contributed by atoms with E-state index in [9.17, 15) is 0 Å². The third-order valence-corrected chi connectivity index (χ3v) is 2.83. The molecule has 1 unspecified atom stereocenters. The fourth-order valence-corrected chi connectivity index (χ4v) is 1.87. The third-order valence-electron chi connectivity index (χ3n) is 2.49. The van der Waals surface area contributed by atoms with Gasteiger partial charge in [0.1, 0.15) is 0 Å². The summed E-state index contributed by atoms with van der Waals surface area (Å²) in [5.74, 6) is 0.673. The first-order chi connectivity index (χ1) is 8.16. The van der Waals surface area contributed by atoms with Gasteiger partial charge in [0.25, 0.3) is 0 Å². The Morgan fingerprint density at radius 1 is 1.41 bits per heavy atom. The lowest BCUT2D eigenvalue weighted by atomic mass is 10.1. The van der Waals surface area contributed by atoms with Gasteiger partial charge >= 0.3 is 0 Å². The van der Waals surface area contributed by atoms with Crippen molar-refractivity contribution in [3.8, 4) is 0 Å². The molecule has 1 atom stereocenters. The summed E-state index contributed by atoms with van der Waals surface area (Å²) in [7, 11) is 1.74. The molecule has 0 bridgehead atoms. The van der Waals surface area contributed by atoms with Crippen molar-refractivity contribution in [3.63, 3.8) is 0 Å². The molecule has 17 heavy (non-hydrogen) atoms. The third kappa shape index (κ3) is 3.01. The maximum Gasteiger partial charge on any atom is 0.188 e. The largest absolute Gasteiger partial charge is 0.303 e. The van der Waals surface area contributed by atoms with Crippen LogP contribution in [0.25, 0.3) is 0 Å². The van der Waals surface area contributed by atoms with Gasteiger partial charge in [-0.25, -0.2) is 0 Å². The minimum absolute atomic E-state index is 0.146. The highest BCUT2D eigenvalue weighted by atomic mass is 35.5. The Labute approximate surface area is 105 Å². The van der Waals surface area contributed by atoms with Crippen molar-refractivity contribution in [2.24, 2.45) is 7.05 Å². The Morgan fingerprint density at radius 3 is 2.82 bits per heavy atom. The molecule has 1 N–H and O–H groups in total. The number of aromatic nitrogens is 4. The van der Waals surface area contributed by atoms with Crippen molar-refractivity contribution >= 4 is 11.6 Å². The van der Waals surface area contributed by atoms with E-state index in [0.29, 0.717) is 12.4 Å². The van der Waals surface area contributed by atoms with Crippen LogP contribution in [0.4, 0.5) is 0 Å². The van der Waals surface area contributed by atoms with E-state index in [1.165, 1.54) is 4.80 Å². The van der Waals surface area contributed by atoms with E-state index < -0.39 is 0 Å². The molecule has 0 saturated heterocycles. The molecule has 2 rings (SSSR count). The lowest BCUT2D eigenvalue weighted by Gasteiger charge is -2.14. The normalized spacial score (nSPS) is 12.6. The molecule has 0 saturated carbocycles. The number of hydrogen-bond acceptors (Lipinski definition) is 4. The summed E-state index contributed by atoms with van der Waals surface area (Å²) < 4.78 is 0. The maximum absolute atomic E-state index is 6.12. The van der Waals surface area contributed by atoms with E-state index in [-0.39, 0.29) is 6.04 Å². The molecule has 0 aliphatic carbocycles. The van der Waals surface area contributed by atoms with Crippen molar-refractivity contribution in [1.82, 2.24) is 25.5 Å². The average Bonchev–Trinajstić information content (AvgIpc) is 2.73. The van der Waals surface area contributed by atoms with Crippen molar-refractivity contribution in [1.29, 1.82) is 0 Å². The first-order valence-electron chi connectivity index (χ1n) is 5.37. The second-order valence-corrected chi connectivity index (χ2v) is 4.23. The summed E-state index contributed by atoms with van der Waals surface area (Å²) >= 11 is 6.12. The maximum atomic E-state index is 6.12. The first-order valence-corrected chi connectivity index (χ1v) is 5.75. The SMILES string of the molecule is CC(NCc1nnn(C)n1)c1ccccc1Cl. The zero-order valence-electron chi connectivity index (χ0n) is 9.76. The molecule has 5 nitrogen and oxygen atoms in total. The van der Waals surface area contributed by atoms with Gasteiger partial charge in [-0.15, -0.1) is 10.2 Å². The summed E-state index contributed by atoms with van der Waals surface area (Å²) in [6.07, 6.45) is 0. The van der Waals surface area contributed by atoms with Crippen molar-refractivity contribution in [2.45, 2.75) is 19.5 Å². The summed E-state index contributed by atoms with van der Waals surface area (Å²) in [5.41, 5.74) is 1.07. The van der Waals surface area contributed by atoms with Gasteiger partial charge < -0.3 is 5.32 Å². The van der Waals surface area contributed by atoms with Gasteiger partial charge in [0, 0.05) is 11.1 Å². The molecule has 2 aromatic rings. The first kappa shape index (κ1) is 12.0. The number of hydrogen-bond donors (Lipinski definition) is 1. The second kappa shape index (κ2) is 5.25. The highest BCUT2D eigenvalue weighted by Crippen LogP contribution is 2.22. The van der Waals surface area contributed by atoms with Crippen LogP contribution in [0, 0.1) is 0 Å². The second-order valence-electron chi connectivity index (χ2n) is 3.82. The average molecular weight is 252 g/mol. The summed E-state index contributed by atoms with van der Waals surface area (Å²) in [6, 6.07) is 7.93. The fourth-order valence-electron chi connectivity index (χ4n) is 1.57. The highest BCUT2D eigenvalue weighted by molar-refractivity contribution is 6.31.